The summed E-state index contributed by atoms with van der Waals surface area (Å²) in [5, 5.41) is 0. The monoisotopic (exact) mass is 400 g/mol. The second kappa shape index (κ2) is 8.51. The van der Waals surface area contributed by atoms with E-state index in [9.17, 15) is 23.2 Å². The molecule has 3 rings (SSSR count). The Labute approximate surface area is 167 Å². The molecule has 29 heavy (non-hydrogen) atoms. The number of carbonyl (C=O) groups excluding carboxylic acids is 3. The van der Waals surface area contributed by atoms with Crippen molar-refractivity contribution in [2.45, 2.75) is 32.6 Å². The van der Waals surface area contributed by atoms with Gasteiger partial charge in [-0.05, 0) is 25.0 Å². The zero-order valence-corrected chi connectivity index (χ0v) is 16.3. The number of benzene rings is 2. The summed E-state index contributed by atoms with van der Waals surface area (Å²) in [6.07, 6.45) is -3.79. The molecule has 0 saturated carbocycles. The molecule has 4 amide bonds. The van der Waals surface area contributed by atoms with E-state index in [2.05, 4.69) is 0 Å². The summed E-state index contributed by atoms with van der Waals surface area (Å²) in [5.41, 5.74) is 2.55. The molecule has 2 aromatic rings. The predicted molar refractivity (Wildman–Crippen MR) is 103 cm³/mol. The van der Waals surface area contributed by atoms with Gasteiger partial charge in [0.25, 0.3) is 0 Å². The third-order valence-electron chi connectivity index (χ3n) is 4.93. The minimum atomic E-state index is -1.60. The van der Waals surface area contributed by atoms with Gasteiger partial charge >= 0.3 is 6.03 Å². The lowest BCUT2D eigenvalue weighted by atomic mass is 10.1. The molecule has 5 nitrogen and oxygen atoms in total. The maximum Gasteiger partial charge on any atom is 0.333 e. The Morgan fingerprint density at radius 1 is 0.724 bits per heavy atom. The van der Waals surface area contributed by atoms with Gasteiger partial charge in [-0.1, -0.05) is 59.7 Å². The molecule has 0 unspecified atom stereocenters. The quantitative estimate of drug-likeness (QED) is 0.683. The fraction of sp³-hybridized carbons (Fsp3) is 0.318. The summed E-state index contributed by atoms with van der Waals surface area (Å²) in [6, 6.07) is 12.2. The van der Waals surface area contributed by atoms with Crippen molar-refractivity contribution < 1.29 is 23.2 Å². The van der Waals surface area contributed by atoms with Crippen LogP contribution in [-0.2, 0) is 9.59 Å². The fourth-order valence-corrected chi connectivity index (χ4v) is 3.12. The van der Waals surface area contributed by atoms with E-state index >= 15 is 0 Å². The molecule has 0 N–H and O–H groups in total. The van der Waals surface area contributed by atoms with Crippen LogP contribution in [-0.4, -0.2) is 40.7 Å². The molecule has 0 bridgehead atoms. The molecule has 1 aliphatic heterocycles. The van der Waals surface area contributed by atoms with Gasteiger partial charge < -0.3 is 0 Å². The SMILES string of the molecule is Cc1ccc([C@@H](F)CN2C(=O)CC(=O)N(C[C@H](F)c3ccc(C)cc3)C2=O)cc1. The van der Waals surface area contributed by atoms with Crippen molar-refractivity contribution in [1.82, 2.24) is 9.80 Å². The van der Waals surface area contributed by atoms with Gasteiger partial charge in [-0.15, -0.1) is 0 Å². The van der Waals surface area contributed by atoms with Crippen LogP contribution >= 0.6 is 0 Å². The van der Waals surface area contributed by atoms with Gasteiger partial charge in [0.15, 0.2) is 0 Å². The minimum absolute atomic E-state index is 0.322. The summed E-state index contributed by atoms with van der Waals surface area (Å²) in [6.45, 7) is 2.68. The molecule has 0 aliphatic carbocycles. The number of halogens is 2. The van der Waals surface area contributed by atoms with Crippen molar-refractivity contribution in [3.05, 3.63) is 70.8 Å². The van der Waals surface area contributed by atoms with Gasteiger partial charge in [-0.3, -0.25) is 19.4 Å². The summed E-state index contributed by atoms with van der Waals surface area (Å²) in [4.78, 5) is 38.4. The maximum atomic E-state index is 14.7. The van der Waals surface area contributed by atoms with Gasteiger partial charge in [0.1, 0.15) is 18.8 Å². The normalized spacial score (nSPS) is 16.9. The number of alkyl halides is 2. The number of carbonyl (C=O) groups is 3. The number of aryl methyl sites for hydroxylation is 2. The summed E-state index contributed by atoms with van der Waals surface area (Å²) >= 11 is 0. The van der Waals surface area contributed by atoms with Crippen LogP contribution < -0.4 is 0 Å². The van der Waals surface area contributed by atoms with Crippen LogP contribution in [0.5, 0.6) is 0 Å². The highest BCUT2D eigenvalue weighted by Gasteiger charge is 2.40. The Balaban J connectivity index is 1.73. The zero-order chi connectivity index (χ0) is 21.1. The van der Waals surface area contributed by atoms with Crippen LogP contribution in [0.4, 0.5) is 13.6 Å². The number of hydrogen-bond donors (Lipinski definition) is 0. The van der Waals surface area contributed by atoms with Gasteiger partial charge in [-0.25, -0.2) is 13.6 Å². The first-order chi connectivity index (χ1) is 13.8. The van der Waals surface area contributed by atoms with Crippen molar-refractivity contribution in [3.63, 3.8) is 0 Å². The topological polar surface area (TPSA) is 57.7 Å². The van der Waals surface area contributed by atoms with Crippen molar-refractivity contribution in [2.75, 3.05) is 13.1 Å². The number of rotatable bonds is 6. The van der Waals surface area contributed by atoms with Crippen molar-refractivity contribution in [3.8, 4) is 0 Å². The van der Waals surface area contributed by atoms with Crippen LogP contribution in [0.1, 0.15) is 41.0 Å². The highest BCUT2D eigenvalue weighted by molar-refractivity contribution is 6.14. The average molecular weight is 400 g/mol. The second-order valence-corrected chi connectivity index (χ2v) is 7.22. The van der Waals surface area contributed by atoms with E-state index in [-0.39, 0.29) is 0 Å². The van der Waals surface area contributed by atoms with E-state index in [1.807, 2.05) is 13.8 Å². The van der Waals surface area contributed by atoms with Gasteiger partial charge in [0.2, 0.25) is 11.8 Å². The Morgan fingerprint density at radius 3 is 1.41 bits per heavy atom. The summed E-state index contributed by atoms with van der Waals surface area (Å²) < 4.78 is 29.3. The molecule has 2 aromatic carbocycles. The van der Waals surface area contributed by atoms with Gasteiger partial charge in [0, 0.05) is 0 Å². The number of hydrogen-bond acceptors (Lipinski definition) is 3. The van der Waals surface area contributed by atoms with E-state index in [0.29, 0.717) is 20.9 Å². The second-order valence-electron chi connectivity index (χ2n) is 7.22. The Bertz CT molecular complexity index is 839. The highest BCUT2D eigenvalue weighted by Crippen LogP contribution is 2.25. The first-order valence-corrected chi connectivity index (χ1v) is 9.32. The number of barbiturate groups is 1. The van der Waals surface area contributed by atoms with E-state index in [1.165, 1.54) is 0 Å². The number of nitrogens with zero attached hydrogens (tertiary/aromatic N) is 2. The molecule has 0 spiro atoms. The van der Waals surface area contributed by atoms with Crippen LogP contribution in [0, 0.1) is 13.8 Å². The molecule has 7 heteroatoms. The Hall–Kier alpha value is -3.09. The van der Waals surface area contributed by atoms with E-state index in [0.717, 1.165) is 11.1 Å². The average Bonchev–Trinajstić information content (AvgIpc) is 2.69. The molecular weight excluding hydrogens is 378 g/mol. The standard InChI is InChI=1S/C22H22F2N2O3/c1-14-3-7-16(8-4-14)18(23)12-25-20(27)11-21(28)26(22(25)29)13-19(24)17-9-5-15(2)6-10-17/h3-10,18-19H,11-13H2,1-2H3/t18-,19-/m0/s1. The largest absolute Gasteiger partial charge is 0.333 e. The van der Waals surface area contributed by atoms with Crippen molar-refractivity contribution in [1.29, 1.82) is 0 Å². The summed E-state index contributed by atoms with van der Waals surface area (Å²) in [7, 11) is 0. The van der Waals surface area contributed by atoms with Gasteiger partial charge in [-0.2, -0.15) is 0 Å². The molecule has 1 heterocycles. The van der Waals surface area contributed by atoms with E-state index in [4.69, 9.17) is 0 Å². The smallest absolute Gasteiger partial charge is 0.274 e. The number of urea groups is 1. The highest BCUT2D eigenvalue weighted by atomic mass is 19.1. The first kappa shape index (κ1) is 20.6. The lowest BCUT2D eigenvalue weighted by Gasteiger charge is -2.34. The van der Waals surface area contributed by atoms with Crippen LogP contribution in [0.15, 0.2) is 48.5 Å². The van der Waals surface area contributed by atoms with Crippen molar-refractivity contribution >= 4 is 17.8 Å². The van der Waals surface area contributed by atoms with Crippen molar-refractivity contribution in [2.24, 2.45) is 0 Å². The van der Waals surface area contributed by atoms with Crippen LogP contribution in [0.2, 0.25) is 0 Å². The Kier molecular flexibility index (Phi) is 6.06. The molecule has 1 aliphatic rings. The molecule has 0 aromatic heterocycles. The lowest BCUT2D eigenvalue weighted by molar-refractivity contribution is -0.143. The minimum Gasteiger partial charge on any atom is -0.274 e. The predicted octanol–water partition coefficient (Wildman–Crippen LogP) is 4.21. The molecule has 0 radical (unpaired) electrons. The maximum absolute atomic E-state index is 14.7. The van der Waals surface area contributed by atoms with Crippen LogP contribution in [0.3, 0.4) is 0 Å². The fourth-order valence-electron chi connectivity index (χ4n) is 3.12. The molecular formula is C22H22F2N2O3. The molecule has 152 valence electrons. The number of amides is 4. The molecule has 1 saturated heterocycles. The third kappa shape index (κ3) is 4.67. The number of imide groups is 2. The van der Waals surface area contributed by atoms with Crippen LogP contribution in [0.25, 0.3) is 0 Å². The van der Waals surface area contributed by atoms with E-state index in [1.54, 1.807) is 48.5 Å². The van der Waals surface area contributed by atoms with Gasteiger partial charge in [0.05, 0.1) is 13.1 Å². The zero-order valence-electron chi connectivity index (χ0n) is 16.3. The first-order valence-electron chi connectivity index (χ1n) is 9.32. The van der Waals surface area contributed by atoms with E-state index < -0.39 is 49.7 Å². The molecule has 1 fully saturated rings. The molecule has 2 atom stereocenters. The Morgan fingerprint density at radius 2 is 1.07 bits per heavy atom. The third-order valence-corrected chi connectivity index (χ3v) is 4.93. The lowest BCUT2D eigenvalue weighted by Crippen LogP contribution is -2.56. The summed E-state index contributed by atoms with van der Waals surface area (Å²) in [5.74, 6) is -1.56.